The van der Waals surface area contributed by atoms with Gasteiger partial charge in [0.05, 0.1) is 5.41 Å². The van der Waals surface area contributed by atoms with E-state index in [1.54, 1.807) is 0 Å². The molecule has 0 amide bonds. The van der Waals surface area contributed by atoms with Gasteiger partial charge in [-0.3, -0.25) is 0 Å². The van der Waals surface area contributed by atoms with E-state index in [4.69, 9.17) is 0 Å². The van der Waals surface area contributed by atoms with Gasteiger partial charge in [-0.1, -0.05) is 158 Å². The van der Waals surface area contributed by atoms with Gasteiger partial charge in [-0.2, -0.15) is 0 Å². The van der Waals surface area contributed by atoms with Crippen molar-refractivity contribution in [2.75, 3.05) is 11.4 Å². The van der Waals surface area contributed by atoms with Crippen molar-refractivity contribution in [3.05, 3.63) is 233 Å². The summed E-state index contributed by atoms with van der Waals surface area (Å²) in [7, 11) is 0. The molecule has 8 aromatic rings. The Labute approximate surface area is 324 Å². The molecule has 55 heavy (non-hydrogen) atoms. The second-order valence-corrected chi connectivity index (χ2v) is 14.7. The van der Waals surface area contributed by atoms with Gasteiger partial charge in [-0.05, 0) is 117 Å². The second-order valence-electron chi connectivity index (χ2n) is 14.7. The van der Waals surface area contributed by atoms with Gasteiger partial charge in [0.1, 0.15) is 0 Å². The SMILES string of the molecule is C=Cc1c(CCN(c2ccc3c(c2)C(c2ccccc2)(c2ccccc2)c2ccccc2-3)c2ccc3ccccc3c2)c2c(n1-c1ccccc1)CCC=C2. The standard InChI is InChI=1S/C53H42N2/c1-2-51-48(47-27-15-17-29-52(47)55(51)42-24-10-5-11-25-42)34-35-54(43-31-30-38-18-12-13-19-39(38)36-43)44-32-33-46-45-26-14-16-28-49(45)53(50(46)37-44,40-20-6-3-7-21-40)41-22-8-4-9-23-41/h2-16,18-28,30-33,36-37H,1,17,29,34-35H2. The number of hydrogen-bond donors (Lipinski definition) is 0. The van der Waals surface area contributed by atoms with Crippen LogP contribution < -0.4 is 4.90 Å². The Hall–Kier alpha value is -6.64. The highest BCUT2D eigenvalue weighted by Gasteiger charge is 2.46. The van der Waals surface area contributed by atoms with Crippen molar-refractivity contribution in [2.45, 2.75) is 24.7 Å². The maximum Gasteiger partial charge on any atom is 0.0714 e. The van der Waals surface area contributed by atoms with Crippen LogP contribution in [-0.4, -0.2) is 11.1 Å². The van der Waals surface area contributed by atoms with Crippen LogP contribution in [0.5, 0.6) is 0 Å². The van der Waals surface area contributed by atoms with Gasteiger partial charge < -0.3 is 9.47 Å². The van der Waals surface area contributed by atoms with Crippen LogP contribution in [0, 0.1) is 0 Å². The zero-order valence-corrected chi connectivity index (χ0v) is 30.9. The van der Waals surface area contributed by atoms with Crippen LogP contribution in [0.1, 0.15) is 51.2 Å². The van der Waals surface area contributed by atoms with Crippen LogP contribution in [0.3, 0.4) is 0 Å². The number of fused-ring (bicyclic) bond motifs is 5. The van der Waals surface area contributed by atoms with E-state index in [-0.39, 0.29) is 0 Å². The molecule has 0 unspecified atom stereocenters. The zero-order valence-electron chi connectivity index (χ0n) is 30.9. The average Bonchev–Trinajstić information content (AvgIpc) is 3.74. The number of allylic oxidation sites excluding steroid dienone is 1. The molecule has 7 aromatic carbocycles. The Balaban J connectivity index is 1.16. The van der Waals surface area contributed by atoms with Crippen molar-refractivity contribution in [1.29, 1.82) is 0 Å². The summed E-state index contributed by atoms with van der Waals surface area (Å²) in [5.41, 5.74) is 16.2. The molecular formula is C53H42N2. The van der Waals surface area contributed by atoms with Gasteiger partial charge in [-0.15, -0.1) is 0 Å². The number of para-hydroxylation sites is 1. The molecule has 0 spiro atoms. The first-order valence-electron chi connectivity index (χ1n) is 19.5. The molecule has 10 rings (SSSR count). The van der Waals surface area contributed by atoms with Crippen LogP contribution in [0.15, 0.2) is 189 Å². The van der Waals surface area contributed by atoms with Gasteiger partial charge >= 0.3 is 0 Å². The van der Waals surface area contributed by atoms with Crippen molar-refractivity contribution >= 4 is 34.3 Å². The van der Waals surface area contributed by atoms with Crippen molar-refractivity contribution in [1.82, 2.24) is 4.57 Å². The van der Waals surface area contributed by atoms with Gasteiger partial charge in [0.25, 0.3) is 0 Å². The molecule has 2 aliphatic carbocycles. The van der Waals surface area contributed by atoms with Crippen LogP contribution in [-0.2, 0) is 18.3 Å². The van der Waals surface area contributed by atoms with Crippen molar-refractivity contribution < 1.29 is 0 Å². The fraction of sp³-hybridized carbons (Fsp3) is 0.0943. The zero-order chi connectivity index (χ0) is 36.8. The largest absolute Gasteiger partial charge is 0.341 e. The van der Waals surface area contributed by atoms with Gasteiger partial charge in [0.15, 0.2) is 0 Å². The molecule has 1 heterocycles. The highest BCUT2D eigenvalue weighted by molar-refractivity contribution is 5.90. The lowest BCUT2D eigenvalue weighted by Crippen LogP contribution is -2.29. The lowest BCUT2D eigenvalue weighted by Gasteiger charge is -2.35. The minimum Gasteiger partial charge on any atom is -0.341 e. The molecule has 2 heteroatoms. The summed E-state index contributed by atoms with van der Waals surface area (Å²) in [5.74, 6) is 0. The minimum atomic E-state index is -0.466. The Bertz CT molecular complexity index is 2680. The number of rotatable bonds is 9. The number of benzene rings is 7. The molecule has 0 N–H and O–H groups in total. The third-order valence-electron chi connectivity index (χ3n) is 11.9. The molecular weight excluding hydrogens is 665 g/mol. The molecule has 0 fully saturated rings. The van der Waals surface area contributed by atoms with Crippen LogP contribution in [0.4, 0.5) is 11.4 Å². The summed E-state index contributed by atoms with van der Waals surface area (Å²) in [6.07, 6.45) is 9.67. The Morgan fingerprint density at radius 2 is 1.22 bits per heavy atom. The van der Waals surface area contributed by atoms with Gasteiger partial charge in [-0.25, -0.2) is 0 Å². The Morgan fingerprint density at radius 1 is 0.600 bits per heavy atom. The molecule has 1 aromatic heterocycles. The molecule has 0 bridgehead atoms. The van der Waals surface area contributed by atoms with E-state index in [0.29, 0.717) is 0 Å². The van der Waals surface area contributed by atoms with Crippen LogP contribution in [0.2, 0.25) is 0 Å². The summed E-state index contributed by atoms with van der Waals surface area (Å²) in [6.45, 7) is 5.17. The number of nitrogens with zero attached hydrogens (tertiary/aromatic N) is 2. The van der Waals surface area contributed by atoms with Crippen molar-refractivity contribution in [3.8, 4) is 16.8 Å². The lowest BCUT2D eigenvalue weighted by atomic mass is 9.67. The fourth-order valence-corrected chi connectivity index (χ4v) is 9.50. The molecule has 0 aliphatic heterocycles. The van der Waals surface area contributed by atoms with E-state index >= 15 is 0 Å². The first-order valence-corrected chi connectivity index (χ1v) is 19.5. The Kier molecular flexibility index (Phi) is 8.18. The van der Waals surface area contributed by atoms with Crippen LogP contribution in [0.25, 0.3) is 39.7 Å². The summed E-state index contributed by atoms with van der Waals surface area (Å²) in [6, 6.07) is 64.8. The highest BCUT2D eigenvalue weighted by Crippen LogP contribution is 2.57. The molecule has 0 atom stereocenters. The van der Waals surface area contributed by atoms with Crippen LogP contribution >= 0.6 is 0 Å². The summed E-state index contributed by atoms with van der Waals surface area (Å²) >= 11 is 0. The number of anilines is 2. The summed E-state index contributed by atoms with van der Waals surface area (Å²) in [5, 5.41) is 2.49. The number of hydrogen-bond acceptors (Lipinski definition) is 1. The molecule has 0 saturated carbocycles. The molecule has 2 aliphatic rings. The van der Waals surface area contributed by atoms with E-state index in [2.05, 4.69) is 210 Å². The van der Waals surface area contributed by atoms with E-state index < -0.39 is 5.41 Å². The van der Waals surface area contributed by atoms with Gasteiger partial charge in [0, 0.05) is 35.0 Å². The topological polar surface area (TPSA) is 8.17 Å². The monoisotopic (exact) mass is 706 g/mol. The third-order valence-corrected chi connectivity index (χ3v) is 11.9. The quantitative estimate of drug-likeness (QED) is 0.145. The lowest BCUT2D eigenvalue weighted by molar-refractivity contribution is 0.767. The molecule has 0 saturated heterocycles. The Morgan fingerprint density at radius 3 is 1.96 bits per heavy atom. The van der Waals surface area contributed by atoms with E-state index in [9.17, 15) is 0 Å². The fourth-order valence-electron chi connectivity index (χ4n) is 9.50. The van der Waals surface area contributed by atoms with E-state index in [0.717, 1.165) is 25.8 Å². The highest BCUT2D eigenvalue weighted by atomic mass is 15.1. The predicted octanol–water partition coefficient (Wildman–Crippen LogP) is 13.0. The first kappa shape index (κ1) is 33.0. The van der Waals surface area contributed by atoms with Crippen molar-refractivity contribution in [2.24, 2.45) is 0 Å². The number of aromatic nitrogens is 1. The second kappa shape index (κ2) is 13.6. The maximum absolute atomic E-state index is 4.37. The molecule has 2 nitrogen and oxygen atoms in total. The summed E-state index contributed by atoms with van der Waals surface area (Å²) in [4.78, 5) is 2.54. The molecule has 264 valence electrons. The van der Waals surface area contributed by atoms with E-state index in [1.807, 2.05) is 0 Å². The van der Waals surface area contributed by atoms with Crippen molar-refractivity contribution in [3.63, 3.8) is 0 Å². The van der Waals surface area contributed by atoms with E-state index in [1.165, 1.54) is 83.7 Å². The normalized spacial score (nSPS) is 13.6. The third kappa shape index (κ3) is 5.32. The minimum absolute atomic E-state index is 0.466. The molecule has 0 radical (unpaired) electrons. The first-order chi connectivity index (χ1) is 27.3. The average molecular weight is 707 g/mol. The maximum atomic E-state index is 4.37. The summed E-state index contributed by atoms with van der Waals surface area (Å²) < 4.78 is 2.45. The smallest absolute Gasteiger partial charge is 0.0714 e. The predicted molar refractivity (Wildman–Crippen MR) is 232 cm³/mol. The van der Waals surface area contributed by atoms with Gasteiger partial charge in [0.2, 0.25) is 0 Å².